The van der Waals surface area contributed by atoms with Crippen LogP contribution in [0.5, 0.6) is 0 Å². The predicted octanol–water partition coefficient (Wildman–Crippen LogP) is 1.45. The number of carbonyl (C=O) groups excluding carboxylic acids is 1. The Balaban J connectivity index is 1.46. The molecule has 1 aromatic carbocycles. The Bertz CT molecular complexity index is 821. The number of morpholine rings is 1. The second kappa shape index (κ2) is 7.41. The van der Waals surface area contributed by atoms with Crippen LogP contribution in [0, 0.1) is 0 Å². The number of ether oxygens (including phenoxy) is 1. The first kappa shape index (κ1) is 18.7. The lowest BCUT2D eigenvalue weighted by Gasteiger charge is -2.29. The van der Waals surface area contributed by atoms with Crippen molar-refractivity contribution in [3.63, 3.8) is 0 Å². The summed E-state index contributed by atoms with van der Waals surface area (Å²) in [6.45, 7) is 1.84. The van der Waals surface area contributed by atoms with Crippen LogP contribution in [0.3, 0.4) is 0 Å². The molecule has 0 spiro atoms. The number of benzene rings is 1. The van der Waals surface area contributed by atoms with Crippen LogP contribution in [0.1, 0.15) is 35.1 Å². The van der Waals surface area contributed by atoms with E-state index in [0.29, 0.717) is 13.2 Å². The minimum atomic E-state index is -3.77. The molecule has 8 heteroatoms. The van der Waals surface area contributed by atoms with Crippen LogP contribution < -0.4 is 10.0 Å². The molecule has 0 saturated carbocycles. The number of likely N-dealkylation sites (N-methyl/N-ethyl adjacent to an activating group) is 1. The third-order valence-corrected chi connectivity index (χ3v) is 7.01. The fraction of sp³-hybridized carbons (Fsp3) is 0.632. The number of carbonyl (C=O) groups is 1. The van der Waals surface area contributed by atoms with Gasteiger partial charge in [0.1, 0.15) is 0 Å². The number of nitrogens with zero attached hydrogens (tertiary/aromatic N) is 1. The van der Waals surface area contributed by atoms with Crippen LogP contribution >= 0.6 is 0 Å². The van der Waals surface area contributed by atoms with Crippen LogP contribution in [-0.2, 0) is 40.4 Å². The highest BCUT2D eigenvalue weighted by atomic mass is 32.2. The summed E-state index contributed by atoms with van der Waals surface area (Å²) in [6.07, 6.45) is 5.69. The standard InChI is InChI=1S/C19H27N3O4S/c1-22-8-9-26-15(11-22)12-27(24,25)21-19(23)20-18-16-6-2-4-13(16)10-14-5-3-7-17(14)18/h10,15H,2-9,11-12H2,1H3,(H2,20,21,23). The van der Waals surface area contributed by atoms with Crippen molar-refractivity contribution in [1.82, 2.24) is 9.62 Å². The molecule has 1 aromatic rings. The molecule has 1 saturated heterocycles. The summed E-state index contributed by atoms with van der Waals surface area (Å²) in [5.74, 6) is -0.213. The zero-order chi connectivity index (χ0) is 19.0. The Hall–Kier alpha value is -1.64. The van der Waals surface area contributed by atoms with Gasteiger partial charge >= 0.3 is 6.03 Å². The maximum atomic E-state index is 12.5. The van der Waals surface area contributed by atoms with Gasteiger partial charge < -0.3 is 15.0 Å². The van der Waals surface area contributed by atoms with Crippen molar-refractivity contribution in [3.05, 3.63) is 28.3 Å². The van der Waals surface area contributed by atoms with Crippen molar-refractivity contribution in [1.29, 1.82) is 0 Å². The van der Waals surface area contributed by atoms with Crippen LogP contribution in [-0.4, -0.2) is 57.9 Å². The van der Waals surface area contributed by atoms with Gasteiger partial charge in [-0.15, -0.1) is 0 Å². The molecule has 2 amide bonds. The van der Waals surface area contributed by atoms with E-state index in [1.165, 1.54) is 22.3 Å². The Morgan fingerprint density at radius 1 is 1.19 bits per heavy atom. The molecule has 148 valence electrons. The average Bonchev–Trinajstić information content (AvgIpc) is 3.22. The summed E-state index contributed by atoms with van der Waals surface area (Å²) in [5.41, 5.74) is 5.81. The second-order valence-corrected chi connectivity index (χ2v) is 9.59. The van der Waals surface area contributed by atoms with Crippen LogP contribution in [0.15, 0.2) is 6.07 Å². The van der Waals surface area contributed by atoms with Crippen LogP contribution in [0.4, 0.5) is 10.5 Å². The summed E-state index contributed by atoms with van der Waals surface area (Å²) in [6, 6.07) is 1.61. The van der Waals surface area contributed by atoms with Crippen molar-refractivity contribution in [2.24, 2.45) is 0 Å². The molecular formula is C19H27N3O4S. The number of rotatable bonds is 4. The summed E-state index contributed by atoms with van der Waals surface area (Å²) < 4.78 is 32.5. The lowest BCUT2D eigenvalue weighted by molar-refractivity contribution is -0.00686. The molecule has 0 aromatic heterocycles. The van der Waals surface area contributed by atoms with Gasteiger partial charge in [-0.2, -0.15) is 0 Å². The summed E-state index contributed by atoms with van der Waals surface area (Å²) in [5, 5.41) is 2.86. The lowest BCUT2D eigenvalue weighted by atomic mass is 9.99. The molecular weight excluding hydrogens is 366 g/mol. The molecule has 27 heavy (non-hydrogen) atoms. The Morgan fingerprint density at radius 3 is 2.48 bits per heavy atom. The van der Waals surface area contributed by atoms with E-state index in [-0.39, 0.29) is 5.75 Å². The molecule has 1 atom stereocenters. The fourth-order valence-electron chi connectivity index (χ4n) is 4.50. The van der Waals surface area contributed by atoms with E-state index in [1.807, 2.05) is 11.9 Å². The molecule has 2 aliphatic carbocycles. The number of fused-ring (bicyclic) bond motifs is 2. The van der Waals surface area contributed by atoms with Gasteiger partial charge in [0.05, 0.1) is 18.5 Å². The van der Waals surface area contributed by atoms with E-state index in [4.69, 9.17) is 4.74 Å². The van der Waals surface area contributed by atoms with E-state index >= 15 is 0 Å². The third-order valence-electron chi connectivity index (χ3n) is 5.71. The minimum Gasteiger partial charge on any atom is -0.374 e. The second-order valence-electron chi connectivity index (χ2n) is 7.83. The van der Waals surface area contributed by atoms with Crippen molar-refractivity contribution in [2.75, 3.05) is 37.8 Å². The molecule has 4 rings (SSSR count). The van der Waals surface area contributed by atoms with Gasteiger partial charge in [0.15, 0.2) is 0 Å². The zero-order valence-corrected chi connectivity index (χ0v) is 16.5. The first-order valence-corrected chi connectivity index (χ1v) is 11.3. The van der Waals surface area contributed by atoms with Gasteiger partial charge in [-0.25, -0.2) is 17.9 Å². The number of nitrogens with one attached hydrogen (secondary N) is 2. The highest BCUT2D eigenvalue weighted by molar-refractivity contribution is 7.90. The molecule has 2 N–H and O–H groups in total. The monoisotopic (exact) mass is 393 g/mol. The minimum absolute atomic E-state index is 0.213. The lowest BCUT2D eigenvalue weighted by Crippen LogP contribution is -2.46. The highest BCUT2D eigenvalue weighted by Gasteiger charge is 2.28. The molecule has 0 radical (unpaired) electrons. The molecule has 0 bridgehead atoms. The summed E-state index contributed by atoms with van der Waals surface area (Å²) >= 11 is 0. The highest BCUT2D eigenvalue weighted by Crippen LogP contribution is 2.38. The third kappa shape index (κ3) is 4.12. The summed E-state index contributed by atoms with van der Waals surface area (Å²) in [7, 11) is -1.84. The number of hydrogen-bond acceptors (Lipinski definition) is 5. The van der Waals surface area contributed by atoms with Gasteiger partial charge in [-0.05, 0) is 67.8 Å². The van der Waals surface area contributed by atoms with E-state index in [1.54, 1.807) is 0 Å². The van der Waals surface area contributed by atoms with Gasteiger partial charge in [-0.3, -0.25) is 0 Å². The molecule has 1 heterocycles. The first-order valence-electron chi connectivity index (χ1n) is 9.69. The maximum Gasteiger partial charge on any atom is 0.332 e. The van der Waals surface area contributed by atoms with Crippen LogP contribution in [0.2, 0.25) is 0 Å². The fourth-order valence-corrected chi connectivity index (χ4v) is 5.61. The smallest absolute Gasteiger partial charge is 0.332 e. The molecule has 1 aliphatic heterocycles. The number of hydrogen-bond donors (Lipinski definition) is 2. The van der Waals surface area contributed by atoms with Crippen molar-refractivity contribution in [3.8, 4) is 0 Å². The van der Waals surface area contributed by atoms with Gasteiger partial charge in [0.2, 0.25) is 10.0 Å². The molecule has 3 aliphatic rings. The van der Waals surface area contributed by atoms with E-state index in [0.717, 1.165) is 50.8 Å². The Labute approximate surface area is 160 Å². The largest absolute Gasteiger partial charge is 0.374 e. The van der Waals surface area contributed by atoms with Gasteiger partial charge in [-0.1, -0.05) is 6.07 Å². The van der Waals surface area contributed by atoms with Crippen molar-refractivity contribution in [2.45, 2.75) is 44.6 Å². The molecule has 1 unspecified atom stereocenters. The first-order chi connectivity index (χ1) is 12.9. The quantitative estimate of drug-likeness (QED) is 0.808. The van der Waals surface area contributed by atoms with Crippen LogP contribution in [0.25, 0.3) is 0 Å². The van der Waals surface area contributed by atoms with E-state index in [9.17, 15) is 13.2 Å². The number of sulfonamides is 1. The van der Waals surface area contributed by atoms with Gasteiger partial charge in [0.25, 0.3) is 0 Å². The van der Waals surface area contributed by atoms with E-state index in [2.05, 4.69) is 16.1 Å². The number of anilines is 1. The normalized spacial score (nSPS) is 22.3. The zero-order valence-electron chi connectivity index (χ0n) is 15.7. The number of aryl methyl sites for hydroxylation is 2. The van der Waals surface area contributed by atoms with Gasteiger partial charge in [0, 0.05) is 18.8 Å². The Kier molecular flexibility index (Phi) is 5.13. The van der Waals surface area contributed by atoms with E-state index < -0.39 is 22.2 Å². The molecule has 1 fully saturated rings. The van der Waals surface area contributed by atoms with Crippen molar-refractivity contribution >= 4 is 21.7 Å². The number of amides is 2. The SMILES string of the molecule is CN1CCOC(CS(=O)(=O)NC(=O)Nc2c3c(cc4c2CCC4)CCC3)C1. The predicted molar refractivity (Wildman–Crippen MR) is 104 cm³/mol. The Morgan fingerprint density at radius 2 is 1.85 bits per heavy atom. The number of urea groups is 1. The molecule has 7 nitrogen and oxygen atoms in total. The average molecular weight is 394 g/mol. The summed E-state index contributed by atoms with van der Waals surface area (Å²) in [4.78, 5) is 14.5. The van der Waals surface area contributed by atoms with Crippen molar-refractivity contribution < 1.29 is 17.9 Å². The maximum absolute atomic E-state index is 12.5. The topological polar surface area (TPSA) is 87.7 Å².